The number of nitrogens with zero attached hydrogens (tertiary/aromatic N) is 1. The molecule has 0 spiro atoms. The Hall–Kier alpha value is -2.83. The molecule has 1 aromatic rings. The third-order valence-electron chi connectivity index (χ3n) is 2.41. The third-order valence-corrected chi connectivity index (χ3v) is 2.41. The highest BCUT2D eigenvalue weighted by atomic mass is 16.5. The molecule has 0 aliphatic heterocycles. The van der Waals surface area contributed by atoms with Gasteiger partial charge in [-0.2, -0.15) is 5.10 Å². The Kier molecular flexibility index (Phi) is 6.46. The summed E-state index contributed by atoms with van der Waals surface area (Å²) in [6.45, 7) is 3.74. The first-order chi connectivity index (χ1) is 10.1. The highest BCUT2D eigenvalue weighted by Gasteiger charge is 2.08. The fourth-order valence-corrected chi connectivity index (χ4v) is 1.42. The van der Waals surface area contributed by atoms with Crippen LogP contribution < -0.4 is 15.5 Å². The van der Waals surface area contributed by atoms with Gasteiger partial charge in [-0.1, -0.05) is 12.1 Å². The van der Waals surface area contributed by atoms with E-state index < -0.39 is 11.8 Å². The molecule has 0 aliphatic rings. The Morgan fingerprint density at radius 2 is 2.19 bits per heavy atom. The van der Waals surface area contributed by atoms with E-state index in [0.717, 1.165) is 0 Å². The van der Waals surface area contributed by atoms with Gasteiger partial charge in [0.05, 0.1) is 13.3 Å². The van der Waals surface area contributed by atoms with Gasteiger partial charge in [-0.3, -0.25) is 9.59 Å². The van der Waals surface area contributed by atoms with Crippen LogP contribution in [0, 0.1) is 0 Å². The summed E-state index contributed by atoms with van der Waals surface area (Å²) in [5.74, 6) is -0.766. The first-order valence-corrected chi connectivity index (χ1v) is 6.14. The maximum absolute atomic E-state index is 11.4. The van der Waals surface area contributed by atoms with E-state index in [1.54, 1.807) is 18.2 Å². The number of hydrogen-bond acceptors (Lipinski definition) is 5. The Bertz CT molecular complexity index is 555. The molecule has 0 aliphatic carbocycles. The highest BCUT2D eigenvalue weighted by molar-refractivity contribution is 5.97. The molecule has 0 heterocycles. The lowest BCUT2D eigenvalue weighted by molar-refractivity contribution is -0.129. The summed E-state index contributed by atoms with van der Waals surface area (Å²) >= 11 is 0. The second kappa shape index (κ2) is 8.36. The molecular formula is C14H17N3O4. The second-order valence-electron chi connectivity index (χ2n) is 3.96. The minimum Gasteiger partial charge on any atom is -0.504 e. The van der Waals surface area contributed by atoms with Crippen molar-refractivity contribution in [1.29, 1.82) is 0 Å². The quantitative estimate of drug-likeness (QED) is 0.295. The molecule has 0 radical (unpaired) electrons. The van der Waals surface area contributed by atoms with E-state index in [1.807, 2.05) is 0 Å². The van der Waals surface area contributed by atoms with E-state index in [1.165, 1.54) is 19.4 Å². The van der Waals surface area contributed by atoms with Crippen LogP contribution in [0.4, 0.5) is 0 Å². The van der Waals surface area contributed by atoms with E-state index in [9.17, 15) is 14.7 Å². The lowest BCUT2D eigenvalue weighted by atomic mass is 10.2. The van der Waals surface area contributed by atoms with Crippen LogP contribution >= 0.6 is 0 Å². The number of ether oxygens (including phenoxy) is 1. The topological polar surface area (TPSA) is 100 Å². The third kappa shape index (κ3) is 5.35. The predicted octanol–water partition coefficient (Wildman–Crippen LogP) is 0.543. The average molecular weight is 291 g/mol. The summed E-state index contributed by atoms with van der Waals surface area (Å²) in [6, 6.07) is 4.87. The van der Waals surface area contributed by atoms with Gasteiger partial charge in [-0.05, 0) is 12.1 Å². The molecule has 0 atom stereocenters. The van der Waals surface area contributed by atoms with Gasteiger partial charge in [0.25, 0.3) is 0 Å². The van der Waals surface area contributed by atoms with Crippen molar-refractivity contribution in [2.45, 2.75) is 6.42 Å². The number of benzene rings is 1. The maximum atomic E-state index is 11.4. The highest BCUT2D eigenvalue weighted by Crippen LogP contribution is 2.27. The molecule has 0 unspecified atom stereocenters. The average Bonchev–Trinajstić information content (AvgIpc) is 2.47. The minimum atomic E-state index is -0.560. The number of hydrazone groups is 1. The molecule has 1 aromatic carbocycles. The van der Waals surface area contributed by atoms with Crippen LogP contribution in [-0.2, 0) is 9.59 Å². The molecule has 0 fully saturated rings. The van der Waals surface area contributed by atoms with Crippen LogP contribution in [0.25, 0.3) is 0 Å². The fourth-order valence-electron chi connectivity index (χ4n) is 1.42. The number of phenolic OH excluding ortho intramolecular Hbond substituents is 1. The summed E-state index contributed by atoms with van der Waals surface area (Å²) in [6.07, 6.45) is 2.44. The number of rotatable bonds is 7. The summed E-state index contributed by atoms with van der Waals surface area (Å²) in [7, 11) is 1.43. The lowest BCUT2D eigenvalue weighted by Gasteiger charge is -2.05. The number of hydrogen-bond donors (Lipinski definition) is 3. The lowest BCUT2D eigenvalue weighted by Crippen LogP contribution is -2.29. The zero-order valence-corrected chi connectivity index (χ0v) is 11.6. The van der Waals surface area contributed by atoms with Crippen LogP contribution in [0.5, 0.6) is 11.5 Å². The van der Waals surface area contributed by atoms with Gasteiger partial charge in [0, 0.05) is 12.1 Å². The molecule has 7 nitrogen and oxygen atoms in total. The number of amides is 2. The number of methoxy groups -OCH3 is 1. The van der Waals surface area contributed by atoms with Crippen LogP contribution in [0.2, 0.25) is 0 Å². The normalized spacial score (nSPS) is 10.1. The first kappa shape index (κ1) is 16.2. The molecule has 0 saturated carbocycles. The van der Waals surface area contributed by atoms with E-state index >= 15 is 0 Å². The van der Waals surface area contributed by atoms with Crippen molar-refractivity contribution >= 4 is 18.0 Å². The van der Waals surface area contributed by atoms with E-state index in [4.69, 9.17) is 4.74 Å². The SMILES string of the molecule is C=CCNC(=O)CC(=O)N/N=C\c1cccc(OC)c1O. The molecule has 0 bridgehead atoms. The van der Waals surface area contributed by atoms with E-state index in [-0.39, 0.29) is 12.2 Å². The molecule has 3 N–H and O–H groups in total. The van der Waals surface area contributed by atoms with Crippen molar-refractivity contribution in [2.24, 2.45) is 5.10 Å². The minimum absolute atomic E-state index is 0.0817. The van der Waals surface area contributed by atoms with Gasteiger partial charge in [-0.25, -0.2) is 5.43 Å². The van der Waals surface area contributed by atoms with Gasteiger partial charge in [-0.15, -0.1) is 6.58 Å². The van der Waals surface area contributed by atoms with Crippen molar-refractivity contribution in [3.05, 3.63) is 36.4 Å². The molecule has 21 heavy (non-hydrogen) atoms. The van der Waals surface area contributed by atoms with Crippen molar-refractivity contribution in [3.8, 4) is 11.5 Å². The first-order valence-electron chi connectivity index (χ1n) is 6.14. The number of nitrogens with one attached hydrogen (secondary N) is 2. The fraction of sp³-hybridized carbons (Fsp3) is 0.214. The van der Waals surface area contributed by atoms with Gasteiger partial charge >= 0.3 is 0 Å². The molecule has 7 heteroatoms. The summed E-state index contributed by atoms with van der Waals surface area (Å²) in [5.41, 5.74) is 2.58. The van der Waals surface area contributed by atoms with Gasteiger partial charge in [0.15, 0.2) is 11.5 Å². The second-order valence-corrected chi connectivity index (χ2v) is 3.96. The van der Waals surface area contributed by atoms with Gasteiger partial charge < -0.3 is 15.2 Å². The summed E-state index contributed by atoms with van der Waals surface area (Å²) < 4.78 is 4.94. The zero-order chi connectivity index (χ0) is 15.7. The Morgan fingerprint density at radius 1 is 1.43 bits per heavy atom. The Balaban J connectivity index is 2.53. The predicted molar refractivity (Wildman–Crippen MR) is 78.2 cm³/mol. The van der Waals surface area contributed by atoms with Crippen molar-refractivity contribution in [2.75, 3.05) is 13.7 Å². The molecule has 1 rings (SSSR count). The van der Waals surface area contributed by atoms with Crippen molar-refractivity contribution < 1.29 is 19.4 Å². The Labute approximate surface area is 122 Å². The number of carbonyl (C=O) groups excluding carboxylic acids is 2. The molecule has 2 amide bonds. The van der Waals surface area contributed by atoms with E-state index in [2.05, 4.69) is 22.4 Å². The van der Waals surface area contributed by atoms with Crippen LogP contribution in [0.1, 0.15) is 12.0 Å². The summed E-state index contributed by atoms with van der Waals surface area (Å²) in [4.78, 5) is 22.7. The number of carbonyl (C=O) groups is 2. The summed E-state index contributed by atoms with van der Waals surface area (Å²) in [5, 5.41) is 15.9. The molecule has 112 valence electrons. The zero-order valence-electron chi connectivity index (χ0n) is 11.6. The molecule has 0 aromatic heterocycles. The standard InChI is InChI=1S/C14H17N3O4/c1-3-7-15-12(18)8-13(19)17-16-9-10-5-4-6-11(21-2)14(10)20/h3-6,9,20H,1,7-8H2,2H3,(H,15,18)(H,17,19)/b16-9-. The monoisotopic (exact) mass is 291 g/mol. The number of para-hydroxylation sites is 1. The smallest absolute Gasteiger partial charge is 0.249 e. The molecular weight excluding hydrogens is 274 g/mol. The van der Waals surface area contributed by atoms with Crippen molar-refractivity contribution in [3.63, 3.8) is 0 Å². The maximum Gasteiger partial charge on any atom is 0.249 e. The van der Waals surface area contributed by atoms with Crippen molar-refractivity contribution in [1.82, 2.24) is 10.7 Å². The van der Waals surface area contributed by atoms with Crippen LogP contribution in [0.15, 0.2) is 36.0 Å². The Morgan fingerprint density at radius 3 is 2.86 bits per heavy atom. The van der Waals surface area contributed by atoms with Gasteiger partial charge in [0.2, 0.25) is 11.8 Å². The largest absolute Gasteiger partial charge is 0.504 e. The van der Waals surface area contributed by atoms with Crippen LogP contribution in [-0.4, -0.2) is 36.8 Å². The van der Waals surface area contributed by atoms with E-state index in [0.29, 0.717) is 17.9 Å². The number of phenols is 1. The van der Waals surface area contributed by atoms with Gasteiger partial charge in [0.1, 0.15) is 6.42 Å². The number of aromatic hydroxyl groups is 1. The van der Waals surface area contributed by atoms with Crippen LogP contribution in [0.3, 0.4) is 0 Å². The molecule has 0 saturated heterocycles.